The van der Waals surface area contributed by atoms with Gasteiger partial charge in [0.2, 0.25) is 0 Å². The Bertz CT molecular complexity index is 268. The Morgan fingerprint density at radius 2 is 1.92 bits per heavy atom. The minimum absolute atomic E-state index is 0.0450. The summed E-state index contributed by atoms with van der Waals surface area (Å²) in [4.78, 5) is 11.8. The predicted octanol–water partition coefficient (Wildman–Crippen LogP) is 2.33. The van der Waals surface area contributed by atoms with Crippen molar-refractivity contribution in [3.05, 3.63) is 29.8 Å². The Hall–Kier alpha value is -0.470. The monoisotopic (exact) mass is 200 g/mol. The van der Waals surface area contributed by atoms with Crippen LogP contribution in [0.5, 0.6) is 0 Å². The summed E-state index contributed by atoms with van der Waals surface area (Å²) in [6, 6.07) is 7.49. The van der Waals surface area contributed by atoms with E-state index in [0.717, 1.165) is 10.5 Å². The highest BCUT2D eigenvalue weighted by Gasteiger charge is 2.00. The summed E-state index contributed by atoms with van der Waals surface area (Å²) in [5, 5.41) is 0. The lowest BCUT2D eigenvalue weighted by atomic mass is 10.1. The lowest BCUT2D eigenvalue weighted by Gasteiger charge is -1.97. The molecule has 0 radical (unpaired) electrons. The molecular weight excluding hydrogens is 192 g/mol. The molecule has 0 fully saturated rings. The number of alkyl halides is 1. The molecule has 1 rings (SSSR count). The van der Waals surface area contributed by atoms with Crippen LogP contribution in [0, 0.1) is 0 Å². The van der Waals surface area contributed by atoms with Crippen molar-refractivity contribution in [2.45, 2.75) is 11.3 Å². The van der Waals surface area contributed by atoms with Crippen LogP contribution in [0.25, 0.3) is 0 Å². The normalized spacial score (nSPS) is 9.83. The minimum Gasteiger partial charge on any atom is -0.298 e. The average molecular weight is 201 g/mol. The van der Waals surface area contributed by atoms with Crippen LogP contribution in [0.2, 0.25) is 0 Å². The number of halogens is 1. The van der Waals surface area contributed by atoms with E-state index in [-0.39, 0.29) is 11.7 Å². The maximum atomic E-state index is 10.9. The van der Waals surface area contributed by atoms with Gasteiger partial charge in [-0.15, -0.1) is 24.2 Å². The summed E-state index contributed by atoms with van der Waals surface area (Å²) in [5.41, 5.74) is 0.985. The van der Waals surface area contributed by atoms with Gasteiger partial charge in [0.05, 0.1) is 5.88 Å². The van der Waals surface area contributed by atoms with Crippen molar-refractivity contribution in [2.75, 3.05) is 5.88 Å². The van der Waals surface area contributed by atoms with Crippen LogP contribution >= 0.6 is 24.2 Å². The molecule has 0 aliphatic carbocycles. The maximum Gasteiger partial charge on any atom is 0.151 e. The molecule has 1 nitrogen and oxygen atoms in total. The van der Waals surface area contributed by atoms with Crippen molar-refractivity contribution in [1.82, 2.24) is 0 Å². The van der Waals surface area contributed by atoms with Crippen LogP contribution in [0.4, 0.5) is 0 Å². The second-order valence-corrected chi connectivity index (χ2v) is 3.30. The summed E-state index contributed by atoms with van der Waals surface area (Å²) in [5.74, 6) is 0.131. The smallest absolute Gasteiger partial charge is 0.151 e. The van der Waals surface area contributed by atoms with E-state index >= 15 is 0 Å². The topological polar surface area (TPSA) is 17.1 Å². The lowest BCUT2D eigenvalue weighted by molar-refractivity contribution is -0.116. The summed E-state index contributed by atoms with van der Waals surface area (Å²) < 4.78 is 0. The molecule has 0 atom stereocenters. The van der Waals surface area contributed by atoms with Crippen molar-refractivity contribution in [1.29, 1.82) is 0 Å². The third kappa shape index (κ3) is 2.88. The molecule has 0 N–H and O–H groups in total. The molecule has 0 spiro atoms. The highest BCUT2D eigenvalue weighted by atomic mass is 35.5. The van der Waals surface area contributed by atoms with Crippen molar-refractivity contribution in [3.8, 4) is 0 Å². The van der Waals surface area contributed by atoms with Gasteiger partial charge < -0.3 is 0 Å². The zero-order valence-electron chi connectivity index (χ0n) is 6.46. The first-order chi connectivity index (χ1) is 5.72. The highest BCUT2D eigenvalue weighted by molar-refractivity contribution is 7.80. The fourth-order valence-electron chi connectivity index (χ4n) is 0.889. The molecule has 1 aromatic rings. The third-order valence-electron chi connectivity index (χ3n) is 1.49. The van der Waals surface area contributed by atoms with E-state index in [1.54, 1.807) is 0 Å². The number of carbonyl (C=O) groups excluding carboxylic acids is 1. The van der Waals surface area contributed by atoms with Gasteiger partial charge in [0, 0.05) is 11.3 Å². The second kappa shape index (κ2) is 4.53. The fourth-order valence-corrected chi connectivity index (χ4v) is 1.13. The Morgan fingerprint density at radius 1 is 1.33 bits per heavy atom. The molecule has 0 unspecified atom stereocenters. The number of Topliss-reactive ketones (excluding diaryl/α,β-unsaturated/α-hetero) is 1. The Kier molecular flexibility index (Phi) is 3.63. The van der Waals surface area contributed by atoms with Crippen molar-refractivity contribution >= 4 is 30.0 Å². The second-order valence-electron chi connectivity index (χ2n) is 2.52. The first kappa shape index (κ1) is 9.62. The van der Waals surface area contributed by atoms with Gasteiger partial charge in [-0.2, -0.15) is 0 Å². The molecule has 0 aliphatic rings. The van der Waals surface area contributed by atoms with Crippen molar-refractivity contribution < 1.29 is 4.79 Å². The van der Waals surface area contributed by atoms with Gasteiger partial charge in [-0.3, -0.25) is 4.79 Å². The summed E-state index contributed by atoms with van der Waals surface area (Å²) in [7, 11) is 0. The Morgan fingerprint density at radius 3 is 2.42 bits per heavy atom. The van der Waals surface area contributed by atoms with E-state index in [9.17, 15) is 4.79 Å². The number of carbonyl (C=O) groups is 1. The number of thiol groups is 1. The number of hydrogen-bond donors (Lipinski definition) is 1. The lowest BCUT2D eigenvalue weighted by Crippen LogP contribution is -2.03. The molecule has 1 aromatic carbocycles. The zero-order valence-corrected chi connectivity index (χ0v) is 8.11. The quantitative estimate of drug-likeness (QED) is 0.586. The van der Waals surface area contributed by atoms with E-state index < -0.39 is 0 Å². The fraction of sp³-hybridized carbons (Fsp3) is 0.222. The minimum atomic E-state index is 0.0450. The van der Waals surface area contributed by atoms with Gasteiger partial charge in [0.15, 0.2) is 5.78 Å². The average Bonchev–Trinajstić information content (AvgIpc) is 2.09. The van der Waals surface area contributed by atoms with E-state index in [0.29, 0.717) is 6.42 Å². The molecular formula is C9H9ClOS. The van der Waals surface area contributed by atoms with E-state index in [1.807, 2.05) is 24.3 Å². The van der Waals surface area contributed by atoms with Gasteiger partial charge in [0.25, 0.3) is 0 Å². The molecule has 0 aliphatic heterocycles. The highest BCUT2D eigenvalue weighted by Crippen LogP contribution is 2.08. The van der Waals surface area contributed by atoms with Gasteiger partial charge in [0.1, 0.15) is 0 Å². The summed E-state index contributed by atoms with van der Waals surface area (Å²) in [6.45, 7) is 0. The van der Waals surface area contributed by atoms with Gasteiger partial charge in [-0.25, -0.2) is 0 Å². The maximum absolute atomic E-state index is 10.9. The van der Waals surface area contributed by atoms with Crippen LogP contribution < -0.4 is 0 Å². The summed E-state index contributed by atoms with van der Waals surface area (Å²) >= 11 is 9.50. The molecule has 3 heteroatoms. The van der Waals surface area contributed by atoms with Crippen LogP contribution in [0.15, 0.2) is 29.2 Å². The molecule has 0 amide bonds. The molecule has 64 valence electrons. The number of ketones is 1. The van der Waals surface area contributed by atoms with Crippen molar-refractivity contribution in [3.63, 3.8) is 0 Å². The van der Waals surface area contributed by atoms with Crippen molar-refractivity contribution in [2.24, 2.45) is 0 Å². The number of benzene rings is 1. The van der Waals surface area contributed by atoms with E-state index in [4.69, 9.17) is 11.6 Å². The summed E-state index contributed by atoms with van der Waals surface area (Å²) in [6.07, 6.45) is 0.414. The molecule has 0 saturated heterocycles. The number of rotatable bonds is 3. The molecule has 0 bridgehead atoms. The van der Waals surface area contributed by atoms with Gasteiger partial charge in [-0.1, -0.05) is 12.1 Å². The Labute approximate surface area is 82.1 Å². The van der Waals surface area contributed by atoms with E-state index in [2.05, 4.69) is 12.6 Å². The zero-order chi connectivity index (χ0) is 8.97. The third-order valence-corrected chi connectivity index (χ3v) is 2.08. The molecule has 0 heterocycles. The van der Waals surface area contributed by atoms with Crippen LogP contribution in [-0.4, -0.2) is 11.7 Å². The number of hydrogen-bond acceptors (Lipinski definition) is 2. The first-order valence-corrected chi connectivity index (χ1v) is 4.56. The predicted molar refractivity (Wildman–Crippen MR) is 53.1 cm³/mol. The van der Waals surface area contributed by atoms with E-state index in [1.165, 1.54) is 0 Å². The molecule has 0 aromatic heterocycles. The van der Waals surface area contributed by atoms with Crippen LogP contribution in [-0.2, 0) is 11.2 Å². The SMILES string of the molecule is O=C(CCl)Cc1ccc(S)cc1. The Balaban J connectivity index is 2.64. The largest absolute Gasteiger partial charge is 0.298 e. The standard InChI is InChI=1S/C9H9ClOS/c10-6-8(11)5-7-1-3-9(12)4-2-7/h1-4,12H,5-6H2. The van der Waals surface area contributed by atoms with Gasteiger partial charge >= 0.3 is 0 Å². The van der Waals surface area contributed by atoms with Crippen LogP contribution in [0.3, 0.4) is 0 Å². The van der Waals surface area contributed by atoms with Crippen LogP contribution in [0.1, 0.15) is 5.56 Å². The molecule has 0 saturated carbocycles. The van der Waals surface area contributed by atoms with Gasteiger partial charge in [-0.05, 0) is 17.7 Å². The molecule has 12 heavy (non-hydrogen) atoms. The first-order valence-electron chi connectivity index (χ1n) is 3.58.